The average Bonchev–Trinajstić information content (AvgIpc) is 2.17. The number of pyridine rings is 1. The largest absolute Gasteiger partial charge is 0.480 e. The molecule has 0 aliphatic carbocycles. The molecule has 0 amide bonds. The summed E-state index contributed by atoms with van der Waals surface area (Å²) in [5.41, 5.74) is 0.113. The standard InChI is InChI=1S/C9H9NO4S2/c11-7(12)6(8(13)14-9(15)16)5-3-1-2-4-10-5/h1-4,6,9,15-16H,(H,11,12). The van der Waals surface area contributed by atoms with Crippen molar-refractivity contribution in [3.63, 3.8) is 0 Å². The van der Waals surface area contributed by atoms with Crippen molar-refractivity contribution in [1.82, 2.24) is 4.98 Å². The van der Waals surface area contributed by atoms with Gasteiger partial charge in [0, 0.05) is 6.20 Å². The third-order valence-electron chi connectivity index (χ3n) is 1.69. The fraction of sp³-hybridized carbons (Fsp3) is 0.222. The maximum Gasteiger partial charge on any atom is 0.328 e. The third kappa shape index (κ3) is 3.42. The number of carbonyl (C=O) groups is 2. The number of aromatic nitrogens is 1. The minimum Gasteiger partial charge on any atom is -0.480 e. The van der Waals surface area contributed by atoms with Crippen LogP contribution in [0.2, 0.25) is 0 Å². The molecule has 0 fully saturated rings. The normalized spacial score (nSPS) is 12.2. The number of hydrogen-bond donors (Lipinski definition) is 3. The lowest BCUT2D eigenvalue weighted by Crippen LogP contribution is -2.25. The highest BCUT2D eigenvalue weighted by Gasteiger charge is 2.31. The molecule has 0 bridgehead atoms. The molecular weight excluding hydrogens is 250 g/mol. The number of carbonyl (C=O) groups excluding carboxylic acids is 1. The summed E-state index contributed by atoms with van der Waals surface area (Å²) in [5, 5.41) is 8.92. The summed E-state index contributed by atoms with van der Waals surface area (Å²) >= 11 is 7.44. The van der Waals surface area contributed by atoms with Crippen molar-refractivity contribution < 1.29 is 19.4 Å². The second-order valence-electron chi connectivity index (χ2n) is 2.79. The zero-order valence-corrected chi connectivity index (χ0v) is 9.77. The Kier molecular flexibility index (Phi) is 4.63. The van der Waals surface area contributed by atoms with Crippen LogP contribution in [0, 0.1) is 0 Å². The lowest BCUT2D eigenvalue weighted by atomic mass is 10.1. The molecule has 1 aromatic rings. The van der Waals surface area contributed by atoms with Gasteiger partial charge in [-0.25, -0.2) is 0 Å². The van der Waals surface area contributed by atoms with E-state index in [-0.39, 0.29) is 5.69 Å². The van der Waals surface area contributed by atoms with E-state index < -0.39 is 22.6 Å². The number of hydrogen-bond acceptors (Lipinski definition) is 6. The average molecular weight is 259 g/mol. The first-order valence-electron chi connectivity index (χ1n) is 4.22. The van der Waals surface area contributed by atoms with E-state index in [1.807, 2.05) is 0 Å². The predicted molar refractivity (Wildman–Crippen MR) is 62.5 cm³/mol. The van der Waals surface area contributed by atoms with Gasteiger partial charge in [0.1, 0.15) is 0 Å². The fourth-order valence-electron chi connectivity index (χ4n) is 1.07. The molecule has 0 aromatic carbocycles. The molecule has 5 nitrogen and oxygen atoms in total. The highest BCUT2D eigenvalue weighted by Crippen LogP contribution is 2.17. The first-order chi connectivity index (χ1) is 7.52. The molecule has 0 aliphatic heterocycles. The molecule has 1 N–H and O–H groups in total. The van der Waals surface area contributed by atoms with Gasteiger partial charge in [0.2, 0.25) is 0 Å². The summed E-state index contributed by atoms with van der Waals surface area (Å²) in [6.07, 6.45) is 1.40. The molecule has 0 aliphatic rings. The molecule has 1 rings (SSSR count). The zero-order valence-electron chi connectivity index (χ0n) is 7.98. The molecule has 7 heteroatoms. The van der Waals surface area contributed by atoms with Crippen LogP contribution in [0.1, 0.15) is 11.6 Å². The molecule has 16 heavy (non-hydrogen) atoms. The van der Waals surface area contributed by atoms with E-state index in [2.05, 4.69) is 35.0 Å². The maximum absolute atomic E-state index is 11.5. The van der Waals surface area contributed by atoms with Gasteiger partial charge in [0.25, 0.3) is 0 Å². The molecule has 0 saturated carbocycles. The zero-order chi connectivity index (χ0) is 12.1. The van der Waals surface area contributed by atoms with Gasteiger partial charge in [-0.2, -0.15) is 0 Å². The summed E-state index contributed by atoms with van der Waals surface area (Å²) in [6.45, 7) is 0. The van der Waals surface area contributed by atoms with E-state index in [1.54, 1.807) is 12.1 Å². The van der Waals surface area contributed by atoms with Crippen LogP contribution in [0.25, 0.3) is 0 Å². The van der Waals surface area contributed by atoms with E-state index >= 15 is 0 Å². The van der Waals surface area contributed by atoms with Gasteiger partial charge in [-0.05, 0) is 12.1 Å². The van der Waals surface area contributed by atoms with Gasteiger partial charge in [-0.3, -0.25) is 14.6 Å². The molecule has 1 heterocycles. The maximum atomic E-state index is 11.5. The molecule has 86 valence electrons. The van der Waals surface area contributed by atoms with Crippen molar-refractivity contribution in [3.05, 3.63) is 30.1 Å². The van der Waals surface area contributed by atoms with Crippen LogP contribution in [-0.2, 0) is 14.3 Å². The Labute approximate surface area is 103 Å². The van der Waals surface area contributed by atoms with E-state index in [0.717, 1.165) is 0 Å². The number of carboxylic acid groups (broad SMARTS) is 1. The van der Waals surface area contributed by atoms with Crippen molar-refractivity contribution in [1.29, 1.82) is 0 Å². The van der Waals surface area contributed by atoms with Crippen molar-refractivity contribution in [3.8, 4) is 0 Å². The number of ether oxygens (including phenoxy) is 1. The SMILES string of the molecule is O=C(O)C(C(=O)OC(S)S)c1ccccn1. The van der Waals surface area contributed by atoms with Crippen molar-refractivity contribution in [2.24, 2.45) is 0 Å². The molecule has 1 aromatic heterocycles. The van der Waals surface area contributed by atoms with Gasteiger partial charge >= 0.3 is 11.9 Å². The van der Waals surface area contributed by atoms with E-state index in [4.69, 9.17) is 5.11 Å². The van der Waals surface area contributed by atoms with Gasteiger partial charge < -0.3 is 9.84 Å². The van der Waals surface area contributed by atoms with Crippen molar-refractivity contribution in [2.75, 3.05) is 0 Å². The molecule has 0 spiro atoms. The number of nitrogens with zero attached hydrogens (tertiary/aromatic N) is 1. The first kappa shape index (κ1) is 12.9. The first-order valence-corrected chi connectivity index (χ1v) is 5.26. The van der Waals surface area contributed by atoms with Crippen molar-refractivity contribution >= 4 is 37.2 Å². The summed E-state index contributed by atoms with van der Waals surface area (Å²) in [6, 6.07) is 4.64. The number of carboxylic acids is 1. The molecular formula is C9H9NO4S2. The van der Waals surface area contributed by atoms with Gasteiger partial charge in [0.15, 0.2) is 10.7 Å². The predicted octanol–water partition coefficient (Wildman–Crippen LogP) is 0.936. The van der Waals surface area contributed by atoms with E-state index in [9.17, 15) is 9.59 Å². The Hall–Kier alpha value is -1.21. The smallest absolute Gasteiger partial charge is 0.328 e. The second kappa shape index (κ2) is 5.76. The number of aliphatic carboxylic acids is 1. The summed E-state index contributed by atoms with van der Waals surface area (Å²) in [5.74, 6) is -3.73. The molecule has 0 radical (unpaired) electrons. The fourth-order valence-corrected chi connectivity index (χ4v) is 1.27. The molecule has 0 saturated heterocycles. The lowest BCUT2D eigenvalue weighted by Gasteiger charge is -2.12. The quantitative estimate of drug-likeness (QED) is 0.325. The Morgan fingerprint density at radius 3 is 2.50 bits per heavy atom. The summed E-state index contributed by atoms with van der Waals surface area (Å²) < 4.78 is 3.64. The van der Waals surface area contributed by atoms with Crippen LogP contribution in [0.5, 0.6) is 0 Å². The number of thiol groups is 2. The molecule has 1 unspecified atom stereocenters. The Morgan fingerprint density at radius 1 is 1.38 bits per heavy atom. The lowest BCUT2D eigenvalue weighted by molar-refractivity contribution is -0.153. The van der Waals surface area contributed by atoms with Crippen LogP contribution in [0.15, 0.2) is 24.4 Å². The Morgan fingerprint density at radius 2 is 2.06 bits per heavy atom. The monoisotopic (exact) mass is 259 g/mol. The Balaban J connectivity index is 2.92. The highest BCUT2D eigenvalue weighted by atomic mass is 32.2. The van der Waals surface area contributed by atoms with Crippen LogP contribution < -0.4 is 0 Å². The number of esters is 1. The van der Waals surface area contributed by atoms with Crippen LogP contribution >= 0.6 is 25.3 Å². The second-order valence-corrected chi connectivity index (χ2v) is 4.13. The van der Waals surface area contributed by atoms with Gasteiger partial charge in [-0.1, -0.05) is 6.07 Å². The Bertz CT molecular complexity index is 382. The van der Waals surface area contributed by atoms with Gasteiger partial charge in [-0.15, -0.1) is 25.3 Å². The van der Waals surface area contributed by atoms with Crippen LogP contribution in [0.4, 0.5) is 0 Å². The van der Waals surface area contributed by atoms with E-state index in [0.29, 0.717) is 0 Å². The minimum atomic E-state index is -1.46. The topological polar surface area (TPSA) is 76.5 Å². The summed E-state index contributed by atoms with van der Waals surface area (Å²) in [4.78, 5) is 26.2. The minimum absolute atomic E-state index is 0.113. The van der Waals surface area contributed by atoms with Crippen molar-refractivity contribution in [2.45, 2.75) is 10.7 Å². The summed E-state index contributed by atoms with van der Waals surface area (Å²) in [7, 11) is 0. The van der Waals surface area contributed by atoms with Gasteiger partial charge in [0.05, 0.1) is 5.69 Å². The number of rotatable bonds is 4. The van der Waals surface area contributed by atoms with E-state index in [1.165, 1.54) is 12.3 Å². The highest BCUT2D eigenvalue weighted by molar-refractivity contribution is 7.98. The third-order valence-corrected chi connectivity index (χ3v) is 1.90. The van der Waals surface area contributed by atoms with Crippen LogP contribution in [0.3, 0.4) is 0 Å². The van der Waals surface area contributed by atoms with Crippen LogP contribution in [-0.4, -0.2) is 26.8 Å². The molecule has 1 atom stereocenters.